The Labute approximate surface area is 110 Å². The van der Waals surface area contributed by atoms with Crippen molar-refractivity contribution in [1.82, 2.24) is 5.32 Å². The standard InChI is InChI=1S/C15H25NO2/c1-3-17-12-5-4-10-16-11-13-18-15-8-6-14(2)7-9-15/h6-9,16H,3-5,10-13H2,1-2H3. The smallest absolute Gasteiger partial charge is 0.119 e. The molecule has 0 fully saturated rings. The summed E-state index contributed by atoms with van der Waals surface area (Å²) in [5, 5.41) is 3.36. The van der Waals surface area contributed by atoms with Crippen LogP contribution in [0.1, 0.15) is 25.3 Å². The molecule has 1 aromatic carbocycles. The van der Waals surface area contributed by atoms with Gasteiger partial charge in [0.05, 0.1) is 0 Å². The highest BCUT2D eigenvalue weighted by molar-refractivity contribution is 5.26. The first-order valence-corrected chi connectivity index (χ1v) is 6.81. The van der Waals surface area contributed by atoms with Crippen molar-refractivity contribution in [2.24, 2.45) is 0 Å². The lowest BCUT2D eigenvalue weighted by atomic mass is 10.2. The van der Waals surface area contributed by atoms with Gasteiger partial charge in [0.25, 0.3) is 0 Å². The van der Waals surface area contributed by atoms with Crippen molar-refractivity contribution < 1.29 is 9.47 Å². The molecule has 0 unspecified atom stereocenters. The van der Waals surface area contributed by atoms with Gasteiger partial charge in [-0.05, 0) is 45.4 Å². The second-order valence-electron chi connectivity index (χ2n) is 4.32. The minimum Gasteiger partial charge on any atom is -0.492 e. The fourth-order valence-electron chi connectivity index (χ4n) is 1.60. The molecule has 0 saturated carbocycles. The summed E-state index contributed by atoms with van der Waals surface area (Å²) in [6.07, 6.45) is 2.28. The Morgan fingerprint density at radius 3 is 2.50 bits per heavy atom. The van der Waals surface area contributed by atoms with Gasteiger partial charge < -0.3 is 14.8 Å². The monoisotopic (exact) mass is 251 g/mol. The topological polar surface area (TPSA) is 30.5 Å². The number of rotatable bonds is 10. The van der Waals surface area contributed by atoms with Gasteiger partial charge in [-0.25, -0.2) is 0 Å². The molecule has 0 bridgehead atoms. The van der Waals surface area contributed by atoms with E-state index in [0.717, 1.165) is 44.9 Å². The van der Waals surface area contributed by atoms with Crippen molar-refractivity contribution in [3.63, 3.8) is 0 Å². The van der Waals surface area contributed by atoms with Crippen LogP contribution >= 0.6 is 0 Å². The molecular formula is C15H25NO2. The maximum Gasteiger partial charge on any atom is 0.119 e. The second-order valence-corrected chi connectivity index (χ2v) is 4.32. The van der Waals surface area contributed by atoms with E-state index in [1.807, 2.05) is 19.1 Å². The molecule has 18 heavy (non-hydrogen) atoms. The van der Waals surface area contributed by atoms with Crippen LogP contribution in [0.25, 0.3) is 0 Å². The Kier molecular flexibility index (Phi) is 8.26. The van der Waals surface area contributed by atoms with Crippen molar-refractivity contribution in [1.29, 1.82) is 0 Å². The van der Waals surface area contributed by atoms with Gasteiger partial charge >= 0.3 is 0 Å². The van der Waals surface area contributed by atoms with Gasteiger partial charge in [-0.15, -0.1) is 0 Å². The highest BCUT2D eigenvalue weighted by atomic mass is 16.5. The normalized spacial score (nSPS) is 10.6. The van der Waals surface area contributed by atoms with Crippen LogP contribution in [-0.2, 0) is 4.74 Å². The molecule has 0 amide bonds. The Morgan fingerprint density at radius 1 is 1.00 bits per heavy atom. The minimum atomic E-state index is 0.717. The molecule has 0 aromatic heterocycles. The summed E-state index contributed by atoms with van der Waals surface area (Å²) >= 11 is 0. The maximum atomic E-state index is 5.62. The molecule has 102 valence electrons. The first-order valence-electron chi connectivity index (χ1n) is 6.81. The molecule has 0 spiro atoms. The van der Waals surface area contributed by atoms with E-state index in [9.17, 15) is 0 Å². The fourth-order valence-corrected chi connectivity index (χ4v) is 1.60. The number of ether oxygens (including phenoxy) is 2. The molecule has 3 heteroatoms. The van der Waals surface area contributed by atoms with Crippen LogP contribution < -0.4 is 10.1 Å². The summed E-state index contributed by atoms with van der Waals surface area (Å²) in [4.78, 5) is 0. The molecule has 1 N–H and O–H groups in total. The highest BCUT2D eigenvalue weighted by Gasteiger charge is 1.93. The Balaban J connectivity index is 1.91. The molecule has 0 aliphatic carbocycles. The van der Waals surface area contributed by atoms with E-state index in [1.54, 1.807) is 0 Å². The summed E-state index contributed by atoms with van der Waals surface area (Å²) in [5.74, 6) is 0.943. The third-order valence-electron chi connectivity index (χ3n) is 2.66. The molecule has 0 aliphatic rings. The van der Waals surface area contributed by atoms with E-state index in [2.05, 4.69) is 24.4 Å². The fraction of sp³-hybridized carbons (Fsp3) is 0.600. The van der Waals surface area contributed by atoms with Gasteiger partial charge in [0, 0.05) is 19.8 Å². The summed E-state index contributed by atoms with van der Waals surface area (Å²) < 4.78 is 10.9. The van der Waals surface area contributed by atoms with Gasteiger partial charge in [-0.1, -0.05) is 17.7 Å². The average Bonchev–Trinajstić information content (AvgIpc) is 2.39. The maximum absolute atomic E-state index is 5.62. The van der Waals surface area contributed by atoms with E-state index in [0.29, 0.717) is 6.61 Å². The largest absolute Gasteiger partial charge is 0.492 e. The molecule has 0 saturated heterocycles. The zero-order valence-electron chi connectivity index (χ0n) is 11.6. The van der Waals surface area contributed by atoms with Gasteiger partial charge in [0.15, 0.2) is 0 Å². The number of nitrogens with one attached hydrogen (secondary N) is 1. The Hall–Kier alpha value is -1.06. The lowest BCUT2D eigenvalue weighted by molar-refractivity contribution is 0.143. The van der Waals surface area contributed by atoms with Gasteiger partial charge in [0.2, 0.25) is 0 Å². The molecule has 0 radical (unpaired) electrons. The van der Waals surface area contributed by atoms with Crippen molar-refractivity contribution >= 4 is 0 Å². The summed E-state index contributed by atoms with van der Waals surface area (Å²) in [7, 11) is 0. The lowest BCUT2D eigenvalue weighted by Gasteiger charge is -2.07. The summed E-state index contributed by atoms with van der Waals surface area (Å²) in [6, 6.07) is 8.15. The van der Waals surface area contributed by atoms with Gasteiger partial charge in [-0.2, -0.15) is 0 Å². The van der Waals surface area contributed by atoms with Crippen LogP contribution in [0.2, 0.25) is 0 Å². The number of hydrogen-bond acceptors (Lipinski definition) is 3. The molecule has 1 aromatic rings. The molecule has 0 heterocycles. The predicted octanol–water partition coefficient (Wildman–Crippen LogP) is 2.78. The molecular weight excluding hydrogens is 226 g/mol. The minimum absolute atomic E-state index is 0.717. The zero-order valence-corrected chi connectivity index (χ0v) is 11.6. The van der Waals surface area contributed by atoms with E-state index in [4.69, 9.17) is 9.47 Å². The van der Waals surface area contributed by atoms with Crippen molar-refractivity contribution in [2.45, 2.75) is 26.7 Å². The quantitative estimate of drug-likeness (QED) is 0.649. The van der Waals surface area contributed by atoms with Crippen LogP contribution in [-0.4, -0.2) is 32.9 Å². The summed E-state index contributed by atoms with van der Waals surface area (Å²) in [6.45, 7) is 8.44. The third-order valence-corrected chi connectivity index (χ3v) is 2.66. The van der Waals surface area contributed by atoms with Crippen LogP contribution in [0.5, 0.6) is 5.75 Å². The van der Waals surface area contributed by atoms with Crippen LogP contribution in [0, 0.1) is 6.92 Å². The SMILES string of the molecule is CCOCCCCNCCOc1ccc(C)cc1. The first kappa shape index (κ1) is 15.0. The summed E-state index contributed by atoms with van der Waals surface area (Å²) in [5.41, 5.74) is 1.26. The molecule has 1 rings (SSSR count). The Morgan fingerprint density at radius 2 is 1.78 bits per heavy atom. The molecule has 3 nitrogen and oxygen atoms in total. The van der Waals surface area contributed by atoms with Crippen molar-refractivity contribution in [3.8, 4) is 5.75 Å². The predicted molar refractivity (Wildman–Crippen MR) is 75.3 cm³/mol. The van der Waals surface area contributed by atoms with Crippen LogP contribution in [0.4, 0.5) is 0 Å². The van der Waals surface area contributed by atoms with Crippen molar-refractivity contribution in [3.05, 3.63) is 29.8 Å². The number of hydrogen-bond donors (Lipinski definition) is 1. The van der Waals surface area contributed by atoms with Crippen LogP contribution in [0.3, 0.4) is 0 Å². The van der Waals surface area contributed by atoms with Gasteiger partial charge in [-0.3, -0.25) is 0 Å². The average molecular weight is 251 g/mol. The zero-order chi connectivity index (χ0) is 13.1. The molecule has 0 atom stereocenters. The van der Waals surface area contributed by atoms with Gasteiger partial charge in [0.1, 0.15) is 12.4 Å². The Bertz CT molecular complexity index is 298. The highest BCUT2D eigenvalue weighted by Crippen LogP contribution is 2.10. The third kappa shape index (κ3) is 7.30. The van der Waals surface area contributed by atoms with E-state index in [1.165, 1.54) is 5.56 Å². The van der Waals surface area contributed by atoms with Crippen molar-refractivity contribution in [2.75, 3.05) is 32.9 Å². The van der Waals surface area contributed by atoms with Crippen LogP contribution in [0.15, 0.2) is 24.3 Å². The van der Waals surface area contributed by atoms with E-state index in [-0.39, 0.29) is 0 Å². The molecule has 0 aliphatic heterocycles. The lowest BCUT2D eigenvalue weighted by Crippen LogP contribution is -2.22. The second kappa shape index (κ2) is 9.92. The van der Waals surface area contributed by atoms with E-state index >= 15 is 0 Å². The number of aryl methyl sites for hydroxylation is 1. The first-order chi connectivity index (χ1) is 8.83. The van der Waals surface area contributed by atoms with E-state index < -0.39 is 0 Å². The number of benzene rings is 1. The number of unbranched alkanes of at least 4 members (excludes halogenated alkanes) is 1.